The van der Waals surface area contributed by atoms with Crippen LogP contribution in [0.5, 0.6) is 11.5 Å². The molecule has 2 amide bonds. The number of nitrogens with zero attached hydrogens (tertiary/aromatic N) is 3. The number of rotatable bonds is 32. The van der Waals surface area contributed by atoms with Crippen molar-refractivity contribution in [2.75, 3.05) is 68.8 Å². The summed E-state index contributed by atoms with van der Waals surface area (Å²) in [6, 6.07) is 54.2. The van der Waals surface area contributed by atoms with Crippen molar-refractivity contribution in [3.63, 3.8) is 0 Å². The molecule has 0 fully saturated rings. The molecule has 0 radical (unpaired) electrons. The molecule has 0 aliphatic heterocycles. The largest absolute Gasteiger partial charge is 0.496 e. The number of carbonyl (C=O) groups is 7. The quantitative estimate of drug-likeness (QED) is 0.0200. The van der Waals surface area contributed by atoms with Crippen molar-refractivity contribution in [3.05, 3.63) is 293 Å². The number of carbonyl (C=O) groups excluding carboxylic acids is 6. The highest BCUT2D eigenvalue weighted by atomic mass is 35.5. The lowest BCUT2D eigenvalue weighted by molar-refractivity contribution is -0.146. The molecule has 0 aliphatic carbocycles. The molecule has 0 spiro atoms. The van der Waals surface area contributed by atoms with E-state index in [0.29, 0.717) is 62.3 Å². The van der Waals surface area contributed by atoms with Crippen LogP contribution in [0.4, 0.5) is 0 Å². The second-order valence-electron chi connectivity index (χ2n) is 27.5. The summed E-state index contributed by atoms with van der Waals surface area (Å²) in [6.07, 6.45) is 22.7. The third kappa shape index (κ3) is 29.7. The van der Waals surface area contributed by atoms with E-state index in [2.05, 4.69) is 33.7 Å². The van der Waals surface area contributed by atoms with Gasteiger partial charge in [-0.1, -0.05) is 222 Å². The van der Waals surface area contributed by atoms with Gasteiger partial charge in [-0.2, -0.15) is 9.03 Å². The number of amides is 2. The fraction of sp³-hybridized carbons (Fsp3) is 0.274. The van der Waals surface area contributed by atoms with Gasteiger partial charge in [0.2, 0.25) is 20.0 Å². The molecule has 0 bridgehead atoms. The number of nitrogens with one attached hydrogen (secondary N) is 2. The van der Waals surface area contributed by atoms with E-state index < -0.39 is 79.9 Å². The molecule has 29 heteroatoms. The lowest BCUT2D eigenvalue weighted by Crippen LogP contribution is -2.47. The fourth-order valence-corrected chi connectivity index (χ4v) is 17.6. The van der Waals surface area contributed by atoms with E-state index >= 15 is 0 Å². The van der Waals surface area contributed by atoms with Gasteiger partial charge < -0.3 is 43.3 Å². The Balaban J connectivity index is 0.000000278. The van der Waals surface area contributed by atoms with E-state index in [1.165, 1.54) is 70.8 Å². The van der Waals surface area contributed by atoms with Gasteiger partial charge in [0.1, 0.15) is 41.7 Å². The van der Waals surface area contributed by atoms with Gasteiger partial charge in [0, 0.05) is 22.9 Å². The lowest BCUT2D eigenvalue weighted by Gasteiger charge is -2.29. The van der Waals surface area contributed by atoms with E-state index in [-0.39, 0.29) is 88.3 Å². The Morgan fingerprint density at radius 1 is 0.403 bits per heavy atom. The number of hydrogen-bond donors (Lipinski definition) is 3. The number of terminal acetylenes is 4. The molecule has 0 heterocycles. The lowest BCUT2D eigenvalue weighted by atomic mass is 10.0. The molecule has 5 atom stereocenters. The molecular weight excluding hydrogens is 1710 g/mol. The second kappa shape index (κ2) is 51.2. The monoisotopic (exact) mass is 1800 g/mol. The van der Waals surface area contributed by atoms with E-state index in [1.54, 1.807) is 91.1 Å². The molecule has 652 valence electrons. The number of aliphatic carboxylic acids is 1. The molecule has 9 rings (SSSR count). The molecule has 0 aliphatic rings. The van der Waals surface area contributed by atoms with Gasteiger partial charge in [0.15, 0.2) is 0 Å². The van der Waals surface area contributed by atoms with Crippen molar-refractivity contribution in [1.29, 1.82) is 0 Å². The van der Waals surface area contributed by atoms with E-state index in [1.807, 2.05) is 127 Å². The van der Waals surface area contributed by atoms with Crippen LogP contribution in [-0.4, -0.2) is 177 Å². The van der Waals surface area contributed by atoms with Gasteiger partial charge in [-0.25, -0.2) is 26.4 Å². The van der Waals surface area contributed by atoms with Gasteiger partial charge in [-0.05, 0) is 171 Å². The van der Waals surface area contributed by atoms with Crippen LogP contribution >= 0.6 is 46.4 Å². The predicted molar refractivity (Wildman–Crippen MR) is 482 cm³/mol. The number of esters is 4. The number of benzene rings is 9. The van der Waals surface area contributed by atoms with Crippen LogP contribution in [0.15, 0.2) is 210 Å². The third-order valence-electron chi connectivity index (χ3n) is 19.3. The average molecular weight is 1800 g/mol. The Labute approximate surface area is 747 Å². The highest BCUT2D eigenvalue weighted by Crippen LogP contribution is 2.35. The van der Waals surface area contributed by atoms with Crippen LogP contribution in [0.3, 0.4) is 0 Å². The molecule has 0 aromatic heterocycles. The number of methoxy groups -OCH3 is 6. The van der Waals surface area contributed by atoms with Gasteiger partial charge in [0.05, 0.1) is 99.8 Å². The standard InChI is InChI=1S/C23H27NO5S.C20H17Cl2NO3.C20H25NO5S.C19H15Cl2NO3.C13H15NO2/c1-7-13-24(20(23(25)29-6)15-19-11-9-8-10-12-19)30(26,27)22-16(2)14-21(28-5)17(3)18(22)4;1-3-11-23(19(24)16-10-9-15(21)13-17(16)22)18(20(25)26-2)12-14-7-5-4-6-8-14;1-13-11-18(25-4)14(2)15(3)19(13)27(23,24)21-17(20(22)26-5)12-16-9-7-6-8-10-16;1-2-10-22(18(23)15-9-8-14(20)12-16(15)21)17(19(24)25)11-13-6-4-3-5-7-13;1-3-9-14-12(13(15)16-2)10-11-7-5-4-6-8-11/h1,8-12,14,20H,13,15H2,2-6H3;1,4-10,13,18H,11-12H2,2H3;6-11,17,21H,12H2,1-5H3;1,3-9,12,17H,10-11H2,(H,24,25);1,4-8,12,14H,9-10H2,2H3/t20-;18-;2*17-;12-/m00000/s1. The molecule has 3 N–H and O–H groups in total. The minimum atomic E-state index is -4.11. The topological polar surface area (TPSA) is 297 Å². The van der Waals surface area contributed by atoms with Gasteiger partial charge >= 0.3 is 29.8 Å². The smallest absolute Gasteiger partial charge is 0.328 e. The van der Waals surface area contributed by atoms with Gasteiger partial charge in [-0.3, -0.25) is 29.3 Å². The number of carboxylic acids is 1. The number of ether oxygens (including phenoxy) is 6. The molecule has 9 aromatic carbocycles. The van der Waals surface area contributed by atoms with Crippen LogP contribution < -0.4 is 19.5 Å². The first kappa shape index (κ1) is 103. The maximum absolute atomic E-state index is 13.7. The number of aryl methyl sites for hydroxylation is 2. The zero-order valence-corrected chi connectivity index (χ0v) is 75.3. The number of carboxylic acid groups (broad SMARTS) is 1. The Morgan fingerprint density at radius 2 is 0.734 bits per heavy atom. The zero-order valence-electron chi connectivity index (χ0n) is 70.7. The SMILES string of the molecule is C#CCN(C(=O)c1ccc(Cl)cc1Cl)[C@@H](Cc1ccccc1)C(=O)O.C#CCN(C(=O)c1ccc(Cl)cc1Cl)[C@@H](Cc1ccccc1)C(=O)OC.C#CCN([C@@H](Cc1ccccc1)C(=O)OC)S(=O)(=O)c1c(C)cc(OC)c(C)c1C.C#CCN[C@@H](Cc1ccccc1)C(=O)OC.COC(=O)[C@H](Cc1ccccc1)NS(=O)(=O)c1c(C)cc(OC)c(C)c1C. The van der Waals surface area contributed by atoms with Crippen LogP contribution in [0, 0.1) is 90.9 Å². The van der Waals surface area contributed by atoms with Crippen LogP contribution in [0.25, 0.3) is 0 Å². The second-order valence-corrected chi connectivity index (χ2v) is 32.6. The first-order valence-electron chi connectivity index (χ1n) is 38.2. The average Bonchev–Trinajstić information content (AvgIpc) is 0.737. The van der Waals surface area contributed by atoms with Crippen molar-refractivity contribution >= 4 is 108 Å². The summed E-state index contributed by atoms with van der Waals surface area (Å²) in [4.78, 5) is 89.0. The third-order valence-corrected chi connectivity index (χ3v) is 24.3. The molecule has 9 aromatic rings. The maximum atomic E-state index is 13.7. The van der Waals surface area contributed by atoms with Gasteiger partial charge in [-0.15, -0.1) is 25.7 Å². The minimum absolute atomic E-state index is 0.0651. The summed E-state index contributed by atoms with van der Waals surface area (Å²) in [5, 5.41) is 13.7. The van der Waals surface area contributed by atoms with Crippen LogP contribution in [0.2, 0.25) is 20.1 Å². The van der Waals surface area contributed by atoms with Crippen LogP contribution in [0.1, 0.15) is 81.9 Å². The minimum Gasteiger partial charge on any atom is -0.496 e. The van der Waals surface area contributed by atoms with Crippen molar-refractivity contribution in [3.8, 4) is 60.9 Å². The highest BCUT2D eigenvalue weighted by Gasteiger charge is 2.40. The van der Waals surface area contributed by atoms with Crippen molar-refractivity contribution < 1.29 is 83.9 Å². The molecule has 0 saturated heterocycles. The van der Waals surface area contributed by atoms with Crippen molar-refractivity contribution in [1.82, 2.24) is 24.1 Å². The van der Waals surface area contributed by atoms with Gasteiger partial charge in [0.25, 0.3) is 11.8 Å². The molecule has 23 nitrogen and oxygen atoms in total. The summed E-state index contributed by atoms with van der Waals surface area (Å²) in [5.74, 6) is 6.50. The highest BCUT2D eigenvalue weighted by molar-refractivity contribution is 7.89. The summed E-state index contributed by atoms with van der Waals surface area (Å²) in [5.41, 5.74) is 8.37. The summed E-state index contributed by atoms with van der Waals surface area (Å²) < 4.78 is 87.2. The fourth-order valence-electron chi connectivity index (χ4n) is 12.9. The number of halogens is 4. The van der Waals surface area contributed by atoms with E-state index in [9.17, 15) is 55.5 Å². The summed E-state index contributed by atoms with van der Waals surface area (Å²) in [6.45, 7) is 10.3. The Hall–Kier alpha value is -12.0. The van der Waals surface area contributed by atoms with E-state index in [4.69, 9.17) is 101 Å². The first-order chi connectivity index (χ1) is 59.1. The number of sulfonamides is 2. The molecule has 124 heavy (non-hydrogen) atoms. The first-order valence-corrected chi connectivity index (χ1v) is 42.6. The summed E-state index contributed by atoms with van der Waals surface area (Å²) >= 11 is 24.0. The maximum Gasteiger partial charge on any atom is 0.328 e. The number of hydrogen-bond acceptors (Lipinski definition) is 18. The molecule has 0 unspecified atom stereocenters. The molecular formula is C95H99Cl4N5O18S2. The Bertz CT molecular complexity index is 5550. The predicted octanol–water partition coefficient (Wildman–Crippen LogP) is 14.3. The Morgan fingerprint density at radius 3 is 1.09 bits per heavy atom. The molecule has 0 saturated carbocycles. The van der Waals surface area contributed by atoms with E-state index in [0.717, 1.165) is 42.6 Å². The van der Waals surface area contributed by atoms with Crippen molar-refractivity contribution in [2.24, 2.45) is 0 Å². The van der Waals surface area contributed by atoms with Crippen molar-refractivity contribution in [2.45, 2.75) is 114 Å². The zero-order chi connectivity index (χ0) is 92.0. The Kier molecular flexibility index (Phi) is 42.4. The van der Waals surface area contributed by atoms with Crippen LogP contribution in [-0.2, 0) is 95.1 Å². The summed E-state index contributed by atoms with van der Waals surface area (Å²) in [7, 11) is 0.130. The normalized spacial score (nSPS) is 11.8.